The van der Waals surface area contributed by atoms with E-state index in [9.17, 15) is 0 Å². The van der Waals surface area contributed by atoms with E-state index in [4.69, 9.17) is 11.5 Å². The SMILES string of the molecule is C=c1c2ccccc2c(=C)c2c(N)c(S)cc(Nc3ccc(S)c(N)c3)c12. The first-order chi connectivity index (χ1) is 12.9. The predicted octanol–water partition coefficient (Wildman–Crippen LogP) is 4.30. The number of fused-ring (bicyclic) bond motifs is 2. The molecule has 0 aromatic heterocycles. The molecule has 0 saturated carbocycles. The van der Waals surface area contributed by atoms with Crippen LogP contribution in [0.15, 0.2) is 58.3 Å². The quantitative estimate of drug-likeness (QED) is 0.202. The second-order valence-corrected chi connectivity index (χ2v) is 7.47. The van der Waals surface area contributed by atoms with Gasteiger partial charge in [0.25, 0.3) is 0 Å². The minimum absolute atomic E-state index is 0.602. The molecule has 0 saturated heterocycles. The van der Waals surface area contributed by atoms with Crippen molar-refractivity contribution < 1.29 is 0 Å². The number of anilines is 4. The molecule has 0 amide bonds. The van der Waals surface area contributed by atoms with Crippen molar-refractivity contribution in [2.75, 3.05) is 16.8 Å². The fourth-order valence-corrected chi connectivity index (χ4v) is 3.86. The zero-order valence-corrected chi connectivity index (χ0v) is 16.4. The summed E-state index contributed by atoms with van der Waals surface area (Å²) in [5, 5.41) is 9.09. The monoisotopic (exact) mass is 389 g/mol. The third kappa shape index (κ3) is 2.80. The molecule has 0 aliphatic heterocycles. The number of nitrogens with one attached hydrogen (secondary N) is 1. The Balaban J connectivity index is 2.09. The van der Waals surface area contributed by atoms with Crippen LogP contribution >= 0.6 is 25.3 Å². The highest BCUT2D eigenvalue weighted by Gasteiger charge is 2.13. The molecule has 0 atom stereocenters. The molecular weight excluding hydrogens is 370 g/mol. The number of benzene rings is 4. The van der Waals surface area contributed by atoms with Gasteiger partial charge in [0.15, 0.2) is 0 Å². The van der Waals surface area contributed by atoms with Crippen molar-refractivity contribution in [3.63, 3.8) is 0 Å². The van der Waals surface area contributed by atoms with E-state index in [1.54, 1.807) is 0 Å². The lowest BCUT2D eigenvalue weighted by molar-refractivity contribution is 1.44. The van der Waals surface area contributed by atoms with Crippen molar-refractivity contribution in [3.8, 4) is 0 Å². The first kappa shape index (κ1) is 17.6. The maximum atomic E-state index is 6.38. The lowest BCUT2D eigenvalue weighted by atomic mass is 9.96. The molecule has 0 fully saturated rings. The normalized spacial score (nSPS) is 11.2. The van der Waals surface area contributed by atoms with Gasteiger partial charge in [0, 0.05) is 37.6 Å². The predicted molar refractivity (Wildman–Crippen MR) is 125 cm³/mol. The molecule has 4 rings (SSSR count). The summed E-state index contributed by atoms with van der Waals surface area (Å²) >= 11 is 8.90. The smallest absolute Gasteiger partial charge is 0.0537 e. The molecule has 27 heavy (non-hydrogen) atoms. The molecule has 134 valence electrons. The molecule has 5 N–H and O–H groups in total. The molecule has 0 radical (unpaired) electrons. The van der Waals surface area contributed by atoms with E-state index in [2.05, 4.69) is 43.7 Å². The first-order valence-electron chi connectivity index (χ1n) is 8.37. The number of rotatable bonds is 2. The van der Waals surface area contributed by atoms with E-state index in [-0.39, 0.29) is 0 Å². The van der Waals surface area contributed by atoms with E-state index in [0.717, 1.165) is 48.3 Å². The highest BCUT2D eigenvalue weighted by atomic mass is 32.1. The van der Waals surface area contributed by atoms with Crippen molar-refractivity contribution in [1.29, 1.82) is 0 Å². The van der Waals surface area contributed by atoms with Gasteiger partial charge in [-0.15, -0.1) is 25.3 Å². The summed E-state index contributed by atoms with van der Waals surface area (Å²) in [7, 11) is 0. The molecule has 4 aromatic carbocycles. The van der Waals surface area contributed by atoms with Gasteiger partial charge in [-0.05, 0) is 45.5 Å². The van der Waals surface area contributed by atoms with Crippen LogP contribution in [0.3, 0.4) is 0 Å². The minimum atomic E-state index is 0.602. The zero-order valence-electron chi connectivity index (χ0n) is 14.6. The standard InChI is InChI=1S/C22H19N3S2/c1-11-14-5-3-4-6-15(14)12(2)21-20(11)17(10-19(27)22(21)24)25-13-7-8-18(26)16(23)9-13/h3-10,25-27H,1-2,23-24H2. The van der Waals surface area contributed by atoms with Crippen LogP contribution in [0.4, 0.5) is 22.7 Å². The van der Waals surface area contributed by atoms with Crippen molar-refractivity contribution >= 4 is 82.7 Å². The van der Waals surface area contributed by atoms with Gasteiger partial charge in [0.2, 0.25) is 0 Å². The Hall–Kier alpha value is -2.76. The van der Waals surface area contributed by atoms with Gasteiger partial charge < -0.3 is 16.8 Å². The first-order valence-corrected chi connectivity index (χ1v) is 9.27. The van der Waals surface area contributed by atoms with Crippen LogP contribution < -0.4 is 27.2 Å². The van der Waals surface area contributed by atoms with Crippen LogP contribution in [0, 0.1) is 0 Å². The Labute approximate surface area is 168 Å². The maximum Gasteiger partial charge on any atom is 0.0537 e. The molecule has 0 unspecified atom stereocenters. The van der Waals surface area contributed by atoms with Crippen LogP contribution in [-0.4, -0.2) is 0 Å². The highest BCUT2D eigenvalue weighted by Crippen LogP contribution is 2.34. The molecule has 5 heteroatoms. The van der Waals surface area contributed by atoms with Gasteiger partial charge >= 0.3 is 0 Å². The minimum Gasteiger partial charge on any atom is -0.398 e. The van der Waals surface area contributed by atoms with Crippen molar-refractivity contribution in [1.82, 2.24) is 0 Å². The summed E-state index contributed by atoms with van der Waals surface area (Å²) in [4.78, 5) is 1.42. The molecule has 0 aliphatic carbocycles. The van der Waals surface area contributed by atoms with Gasteiger partial charge in [-0.3, -0.25) is 0 Å². The average Bonchev–Trinajstić information content (AvgIpc) is 2.65. The summed E-state index contributed by atoms with van der Waals surface area (Å²) in [6.45, 7) is 8.63. The number of thiol groups is 2. The number of nitrogens with two attached hydrogens (primary N) is 2. The second kappa shape index (κ2) is 6.44. The summed E-state index contributed by atoms with van der Waals surface area (Å²) in [5.74, 6) is 0. The van der Waals surface area contributed by atoms with Crippen LogP contribution in [0.5, 0.6) is 0 Å². The Kier molecular flexibility index (Phi) is 4.21. The highest BCUT2D eigenvalue weighted by molar-refractivity contribution is 7.80. The fraction of sp³-hybridized carbons (Fsp3) is 0. The molecular formula is C22H19N3S2. The molecule has 0 heterocycles. The van der Waals surface area contributed by atoms with Crippen molar-refractivity contribution in [2.24, 2.45) is 0 Å². The van der Waals surface area contributed by atoms with E-state index >= 15 is 0 Å². The van der Waals surface area contributed by atoms with Gasteiger partial charge in [0.1, 0.15) is 0 Å². The van der Waals surface area contributed by atoms with Crippen LogP contribution in [0.1, 0.15) is 0 Å². The lowest BCUT2D eigenvalue weighted by Crippen LogP contribution is -2.16. The Morgan fingerprint density at radius 1 is 0.778 bits per heavy atom. The maximum absolute atomic E-state index is 6.38. The van der Waals surface area contributed by atoms with Gasteiger partial charge in [0.05, 0.1) is 5.69 Å². The number of nitrogen functional groups attached to an aromatic ring is 2. The van der Waals surface area contributed by atoms with Crippen LogP contribution in [0.25, 0.3) is 34.7 Å². The summed E-state index contributed by atoms with van der Waals surface area (Å²) in [5.41, 5.74) is 15.3. The molecule has 4 aromatic rings. The van der Waals surface area contributed by atoms with Gasteiger partial charge in [-0.25, -0.2) is 0 Å². The van der Waals surface area contributed by atoms with Crippen LogP contribution in [0.2, 0.25) is 0 Å². The lowest BCUT2D eigenvalue weighted by Gasteiger charge is -2.17. The van der Waals surface area contributed by atoms with Crippen LogP contribution in [-0.2, 0) is 0 Å². The Bertz CT molecular complexity index is 1330. The Morgan fingerprint density at radius 3 is 2.04 bits per heavy atom. The number of hydrogen-bond acceptors (Lipinski definition) is 5. The topological polar surface area (TPSA) is 64.1 Å². The molecule has 0 spiro atoms. The third-order valence-corrected chi connectivity index (χ3v) is 5.61. The summed E-state index contributed by atoms with van der Waals surface area (Å²) < 4.78 is 0. The van der Waals surface area contributed by atoms with E-state index < -0.39 is 0 Å². The fourth-order valence-electron chi connectivity index (χ4n) is 3.48. The third-order valence-electron chi connectivity index (χ3n) is 4.83. The van der Waals surface area contributed by atoms with E-state index in [0.29, 0.717) is 16.3 Å². The summed E-state index contributed by atoms with van der Waals surface area (Å²) in [6.07, 6.45) is 0. The molecule has 3 nitrogen and oxygen atoms in total. The summed E-state index contributed by atoms with van der Waals surface area (Å²) in [6, 6.07) is 15.6. The van der Waals surface area contributed by atoms with Crippen molar-refractivity contribution in [2.45, 2.75) is 9.79 Å². The Morgan fingerprint density at radius 2 is 1.41 bits per heavy atom. The van der Waals surface area contributed by atoms with Gasteiger partial charge in [-0.2, -0.15) is 0 Å². The average molecular weight is 390 g/mol. The van der Waals surface area contributed by atoms with Crippen molar-refractivity contribution in [3.05, 3.63) is 59.0 Å². The zero-order chi connectivity index (χ0) is 19.3. The van der Waals surface area contributed by atoms with E-state index in [1.807, 2.05) is 48.5 Å². The molecule has 0 bridgehead atoms. The van der Waals surface area contributed by atoms with E-state index in [1.165, 1.54) is 0 Å². The second-order valence-electron chi connectivity index (χ2n) is 6.51. The largest absolute Gasteiger partial charge is 0.398 e. The van der Waals surface area contributed by atoms with Gasteiger partial charge in [-0.1, -0.05) is 37.4 Å². The molecule has 0 aliphatic rings. The number of hydrogen-bond donors (Lipinski definition) is 5.